The van der Waals surface area contributed by atoms with Gasteiger partial charge in [-0.25, -0.2) is 0 Å². The Kier molecular flexibility index (Phi) is 3.74. The normalized spacial score (nSPS) is 33.2. The first kappa shape index (κ1) is 11.0. The van der Waals surface area contributed by atoms with E-state index in [1.807, 2.05) is 0 Å². The molecule has 1 rings (SSSR count). The summed E-state index contributed by atoms with van der Waals surface area (Å²) in [6.07, 6.45) is 5.64. The molecule has 0 aromatic heterocycles. The van der Waals surface area contributed by atoms with Gasteiger partial charge in [-0.1, -0.05) is 13.8 Å². The standard InChI is InChI=1S/C11H23NO/c1-4-11(3,8-12)7-10-6-5-9(2)13-10/h9-10H,4-8,12H2,1-3H3. The molecular formula is C11H23NO. The van der Waals surface area contributed by atoms with Crippen molar-refractivity contribution in [2.24, 2.45) is 11.1 Å². The van der Waals surface area contributed by atoms with Crippen molar-refractivity contribution in [2.45, 2.75) is 58.7 Å². The Labute approximate surface area is 81.8 Å². The lowest BCUT2D eigenvalue weighted by Crippen LogP contribution is -2.31. The maximum Gasteiger partial charge on any atom is 0.0585 e. The largest absolute Gasteiger partial charge is 0.375 e. The zero-order valence-corrected chi connectivity index (χ0v) is 9.18. The zero-order valence-electron chi connectivity index (χ0n) is 9.18. The summed E-state index contributed by atoms with van der Waals surface area (Å²) in [5.74, 6) is 0. The van der Waals surface area contributed by atoms with E-state index in [1.54, 1.807) is 0 Å². The van der Waals surface area contributed by atoms with Gasteiger partial charge in [0.15, 0.2) is 0 Å². The number of ether oxygens (including phenoxy) is 1. The van der Waals surface area contributed by atoms with Crippen LogP contribution in [0.2, 0.25) is 0 Å². The molecule has 78 valence electrons. The summed E-state index contributed by atoms with van der Waals surface area (Å²) in [5, 5.41) is 0. The van der Waals surface area contributed by atoms with Gasteiger partial charge in [0, 0.05) is 0 Å². The Balaban J connectivity index is 2.38. The second kappa shape index (κ2) is 4.43. The van der Waals surface area contributed by atoms with Gasteiger partial charge < -0.3 is 10.5 Å². The molecular weight excluding hydrogens is 162 g/mol. The molecule has 2 nitrogen and oxygen atoms in total. The molecule has 1 aliphatic rings. The van der Waals surface area contributed by atoms with Gasteiger partial charge in [0.25, 0.3) is 0 Å². The summed E-state index contributed by atoms with van der Waals surface area (Å²) in [6, 6.07) is 0. The van der Waals surface area contributed by atoms with Crippen LogP contribution in [0, 0.1) is 5.41 Å². The van der Waals surface area contributed by atoms with Crippen LogP contribution in [0.25, 0.3) is 0 Å². The van der Waals surface area contributed by atoms with Crippen LogP contribution >= 0.6 is 0 Å². The fourth-order valence-electron chi connectivity index (χ4n) is 1.96. The van der Waals surface area contributed by atoms with Gasteiger partial charge in [-0.05, 0) is 44.6 Å². The summed E-state index contributed by atoms with van der Waals surface area (Å²) >= 11 is 0. The highest BCUT2D eigenvalue weighted by Gasteiger charge is 2.29. The number of rotatable bonds is 4. The molecule has 0 aliphatic carbocycles. The predicted octanol–water partition coefficient (Wildman–Crippen LogP) is 2.32. The Hall–Kier alpha value is -0.0800. The fraction of sp³-hybridized carbons (Fsp3) is 1.00. The van der Waals surface area contributed by atoms with Gasteiger partial charge in [-0.3, -0.25) is 0 Å². The molecule has 0 radical (unpaired) electrons. The Morgan fingerprint density at radius 1 is 1.46 bits per heavy atom. The lowest BCUT2D eigenvalue weighted by molar-refractivity contribution is 0.0258. The molecule has 1 fully saturated rings. The lowest BCUT2D eigenvalue weighted by Gasteiger charge is -2.29. The Morgan fingerprint density at radius 3 is 2.54 bits per heavy atom. The van der Waals surface area contributed by atoms with Crippen molar-refractivity contribution in [3.8, 4) is 0 Å². The van der Waals surface area contributed by atoms with E-state index in [1.165, 1.54) is 12.8 Å². The first-order chi connectivity index (χ1) is 6.09. The maximum absolute atomic E-state index is 5.81. The van der Waals surface area contributed by atoms with E-state index in [0.717, 1.165) is 19.4 Å². The van der Waals surface area contributed by atoms with Gasteiger partial charge in [-0.2, -0.15) is 0 Å². The summed E-state index contributed by atoms with van der Waals surface area (Å²) in [7, 11) is 0. The van der Waals surface area contributed by atoms with E-state index in [0.29, 0.717) is 12.2 Å². The molecule has 0 amide bonds. The van der Waals surface area contributed by atoms with E-state index < -0.39 is 0 Å². The second-order valence-electron chi connectivity index (χ2n) is 4.72. The molecule has 13 heavy (non-hydrogen) atoms. The van der Waals surface area contributed by atoms with Crippen molar-refractivity contribution in [1.29, 1.82) is 0 Å². The second-order valence-corrected chi connectivity index (χ2v) is 4.72. The zero-order chi connectivity index (χ0) is 9.90. The van der Waals surface area contributed by atoms with Gasteiger partial charge in [0.2, 0.25) is 0 Å². The lowest BCUT2D eigenvalue weighted by atomic mass is 9.81. The monoisotopic (exact) mass is 185 g/mol. The highest BCUT2D eigenvalue weighted by atomic mass is 16.5. The first-order valence-electron chi connectivity index (χ1n) is 5.45. The average molecular weight is 185 g/mol. The molecule has 2 N–H and O–H groups in total. The van der Waals surface area contributed by atoms with Crippen molar-refractivity contribution in [1.82, 2.24) is 0 Å². The highest BCUT2D eigenvalue weighted by molar-refractivity contribution is 4.81. The fourth-order valence-corrected chi connectivity index (χ4v) is 1.96. The molecule has 0 saturated carbocycles. The highest BCUT2D eigenvalue weighted by Crippen LogP contribution is 2.32. The van der Waals surface area contributed by atoms with E-state index in [4.69, 9.17) is 10.5 Å². The van der Waals surface area contributed by atoms with Crippen LogP contribution < -0.4 is 5.73 Å². The third-order valence-corrected chi connectivity index (χ3v) is 3.39. The molecule has 0 aromatic rings. The molecule has 0 aromatic carbocycles. The molecule has 3 atom stereocenters. The van der Waals surface area contributed by atoms with E-state index >= 15 is 0 Å². The summed E-state index contributed by atoms with van der Waals surface area (Å²) in [4.78, 5) is 0. The molecule has 1 heterocycles. The summed E-state index contributed by atoms with van der Waals surface area (Å²) < 4.78 is 5.81. The van der Waals surface area contributed by atoms with E-state index in [2.05, 4.69) is 20.8 Å². The predicted molar refractivity (Wildman–Crippen MR) is 55.6 cm³/mol. The van der Waals surface area contributed by atoms with Crippen LogP contribution in [0.15, 0.2) is 0 Å². The first-order valence-corrected chi connectivity index (χ1v) is 5.45. The van der Waals surface area contributed by atoms with Crippen molar-refractivity contribution in [3.63, 3.8) is 0 Å². The molecule has 1 aliphatic heterocycles. The Morgan fingerprint density at radius 2 is 2.15 bits per heavy atom. The third kappa shape index (κ3) is 2.96. The van der Waals surface area contributed by atoms with E-state index in [-0.39, 0.29) is 5.41 Å². The van der Waals surface area contributed by atoms with Crippen molar-refractivity contribution < 1.29 is 4.74 Å². The molecule has 3 unspecified atom stereocenters. The number of hydrogen-bond donors (Lipinski definition) is 1. The molecule has 1 saturated heterocycles. The minimum Gasteiger partial charge on any atom is -0.375 e. The molecule has 0 bridgehead atoms. The van der Waals surface area contributed by atoms with Crippen LogP contribution in [0.4, 0.5) is 0 Å². The van der Waals surface area contributed by atoms with Gasteiger partial charge in [0.05, 0.1) is 12.2 Å². The van der Waals surface area contributed by atoms with Crippen LogP contribution in [-0.2, 0) is 4.74 Å². The maximum atomic E-state index is 5.81. The van der Waals surface area contributed by atoms with Gasteiger partial charge >= 0.3 is 0 Å². The minimum atomic E-state index is 0.286. The number of hydrogen-bond acceptors (Lipinski definition) is 2. The minimum absolute atomic E-state index is 0.286. The SMILES string of the molecule is CCC(C)(CN)CC1CCC(C)O1. The summed E-state index contributed by atoms with van der Waals surface area (Å²) in [5.41, 5.74) is 6.06. The van der Waals surface area contributed by atoms with Crippen LogP contribution in [0.5, 0.6) is 0 Å². The summed E-state index contributed by atoms with van der Waals surface area (Å²) in [6.45, 7) is 7.41. The van der Waals surface area contributed by atoms with Crippen LogP contribution in [0.1, 0.15) is 46.5 Å². The van der Waals surface area contributed by atoms with E-state index in [9.17, 15) is 0 Å². The van der Waals surface area contributed by atoms with Crippen LogP contribution in [0.3, 0.4) is 0 Å². The number of nitrogens with two attached hydrogens (primary N) is 1. The molecule has 2 heteroatoms. The smallest absolute Gasteiger partial charge is 0.0585 e. The average Bonchev–Trinajstić information content (AvgIpc) is 2.51. The van der Waals surface area contributed by atoms with Crippen molar-refractivity contribution in [2.75, 3.05) is 6.54 Å². The quantitative estimate of drug-likeness (QED) is 0.729. The molecule has 0 spiro atoms. The Bertz CT molecular complexity index is 154. The third-order valence-electron chi connectivity index (χ3n) is 3.39. The van der Waals surface area contributed by atoms with Crippen LogP contribution in [-0.4, -0.2) is 18.8 Å². The van der Waals surface area contributed by atoms with Crippen molar-refractivity contribution in [3.05, 3.63) is 0 Å². The van der Waals surface area contributed by atoms with Crippen molar-refractivity contribution >= 4 is 0 Å². The topological polar surface area (TPSA) is 35.2 Å². The van der Waals surface area contributed by atoms with Gasteiger partial charge in [-0.15, -0.1) is 0 Å². The van der Waals surface area contributed by atoms with Gasteiger partial charge in [0.1, 0.15) is 0 Å².